The maximum Gasteiger partial charge on any atom is 0.260 e. The molecule has 0 amide bonds. The van der Waals surface area contributed by atoms with Crippen molar-refractivity contribution in [2.45, 2.75) is 41.0 Å². The van der Waals surface area contributed by atoms with Crippen LogP contribution in [0.3, 0.4) is 0 Å². The molecule has 2 rings (SSSR count). The number of hydrogen-bond acceptors (Lipinski definition) is 5. The van der Waals surface area contributed by atoms with Crippen molar-refractivity contribution in [3.63, 3.8) is 0 Å². The Kier molecular flexibility index (Phi) is 6.49. The Bertz CT molecular complexity index is 744. The van der Waals surface area contributed by atoms with E-state index in [0.29, 0.717) is 38.8 Å². The van der Waals surface area contributed by atoms with Crippen LogP contribution in [0.1, 0.15) is 55.2 Å². The number of aromatic amines is 1. The summed E-state index contributed by atoms with van der Waals surface area (Å²) in [4.78, 5) is 31.6. The fourth-order valence-corrected chi connectivity index (χ4v) is 2.93. The molecule has 0 unspecified atom stereocenters. The lowest BCUT2D eigenvalue weighted by atomic mass is 10.2. The van der Waals surface area contributed by atoms with Gasteiger partial charge < -0.3 is 9.72 Å². The highest BCUT2D eigenvalue weighted by Crippen LogP contribution is 2.27. The number of carbonyl (C=O) groups excluding carboxylic acids is 1. The Morgan fingerprint density at radius 2 is 1.95 bits per heavy atom. The SMILES string of the molecule is C=C(OCC)c1nc2sc(C(C)=O)c(C)c2c(=O)[nH]1.CCC. The Morgan fingerprint density at radius 1 is 1.36 bits per heavy atom. The molecule has 0 bridgehead atoms. The van der Waals surface area contributed by atoms with Crippen LogP contribution in [-0.4, -0.2) is 22.4 Å². The Morgan fingerprint density at radius 3 is 2.45 bits per heavy atom. The number of aryl methyl sites for hydroxylation is 1. The largest absolute Gasteiger partial charge is 0.491 e. The van der Waals surface area contributed by atoms with Gasteiger partial charge in [-0.25, -0.2) is 4.98 Å². The van der Waals surface area contributed by atoms with Crippen LogP contribution < -0.4 is 5.56 Å². The molecule has 0 fully saturated rings. The fourth-order valence-electron chi connectivity index (χ4n) is 1.85. The van der Waals surface area contributed by atoms with Crippen molar-refractivity contribution < 1.29 is 9.53 Å². The van der Waals surface area contributed by atoms with Crippen LogP contribution in [0.25, 0.3) is 16.0 Å². The van der Waals surface area contributed by atoms with Crippen molar-refractivity contribution in [2.75, 3.05) is 6.61 Å². The molecule has 22 heavy (non-hydrogen) atoms. The fraction of sp³-hybridized carbons (Fsp3) is 0.438. The lowest BCUT2D eigenvalue weighted by molar-refractivity contribution is 0.102. The van der Waals surface area contributed by atoms with E-state index in [2.05, 4.69) is 30.4 Å². The number of carbonyl (C=O) groups is 1. The van der Waals surface area contributed by atoms with E-state index < -0.39 is 0 Å². The first-order valence-electron chi connectivity index (χ1n) is 7.23. The van der Waals surface area contributed by atoms with E-state index in [0.717, 1.165) is 0 Å². The average molecular weight is 322 g/mol. The summed E-state index contributed by atoms with van der Waals surface area (Å²) in [5, 5.41) is 0.461. The predicted molar refractivity (Wildman–Crippen MR) is 91.6 cm³/mol. The first-order valence-corrected chi connectivity index (χ1v) is 8.05. The molecule has 2 aromatic heterocycles. The zero-order valence-corrected chi connectivity index (χ0v) is 14.5. The average Bonchev–Trinajstić information content (AvgIpc) is 2.78. The summed E-state index contributed by atoms with van der Waals surface area (Å²) in [5.74, 6) is 0.553. The van der Waals surface area contributed by atoms with E-state index in [1.807, 2.05) is 6.92 Å². The third kappa shape index (κ3) is 3.82. The third-order valence-corrected chi connectivity index (χ3v) is 3.99. The van der Waals surface area contributed by atoms with Gasteiger partial charge in [0.2, 0.25) is 0 Å². The number of H-pyrrole nitrogens is 1. The molecule has 5 nitrogen and oxygen atoms in total. The highest BCUT2D eigenvalue weighted by Gasteiger charge is 2.17. The Labute approximate surface area is 134 Å². The molecule has 2 aromatic rings. The molecule has 0 aliphatic carbocycles. The number of aromatic nitrogens is 2. The molecule has 0 aromatic carbocycles. The molecule has 0 aliphatic heterocycles. The molecule has 0 spiro atoms. The summed E-state index contributed by atoms with van der Waals surface area (Å²) >= 11 is 1.22. The van der Waals surface area contributed by atoms with Gasteiger partial charge >= 0.3 is 0 Å². The van der Waals surface area contributed by atoms with Gasteiger partial charge in [0.05, 0.1) is 16.9 Å². The minimum atomic E-state index is -0.276. The number of Topliss-reactive ketones (excluding diaryl/α,β-unsaturated/α-hetero) is 1. The number of nitrogens with one attached hydrogen (secondary N) is 1. The summed E-state index contributed by atoms with van der Waals surface area (Å²) in [6, 6.07) is 0. The number of ketones is 1. The number of thiophene rings is 1. The Hall–Kier alpha value is -1.95. The maximum atomic E-state index is 12.1. The van der Waals surface area contributed by atoms with Crippen molar-refractivity contribution in [3.05, 3.63) is 33.2 Å². The summed E-state index contributed by atoms with van der Waals surface area (Å²) in [5.41, 5.74) is 0.400. The van der Waals surface area contributed by atoms with Gasteiger partial charge in [-0.3, -0.25) is 9.59 Å². The molecule has 0 saturated heterocycles. The van der Waals surface area contributed by atoms with Gasteiger partial charge in [-0.1, -0.05) is 26.8 Å². The van der Waals surface area contributed by atoms with Crippen molar-refractivity contribution in [1.29, 1.82) is 0 Å². The summed E-state index contributed by atoms with van der Waals surface area (Å²) in [6.07, 6.45) is 1.25. The van der Waals surface area contributed by atoms with Gasteiger partial charge in [0, 0.05) is 0 Å². The van der Waals surface area contributed by atoms with Crippen LogP contribution >= 0.6 is 11.3 Å². The molecule has 0 aliphatic rings. The number of hydrogen-bond donors (Lipinski definition) is 1. The first kappa shape index (κ1) is 18.1. The van der Waals surface area contributed by atoms with Gasteiger partial charge in [-0.05, 0) is 26.3 Å². The van der Waals surface area contributed by atoms with Crippen molar-refractivity contribution in [2.24, 2.45) is 0 Å². The monoisotopic (exact) mass is 322 g/mol. The third-order valence-electron chi connectivity index (χ3n) is 2.70. The van der Waals surface area contributed by atoms with Crippen molar-refractivity contribution >= 4 is 33.1 Å². The zero-order chi connectivity index (χ0) is 16.9. The number of fused-ring (bicyclic) bond motifs is 1. The van der Waals surface area contributed by atoms with Gasteiger partial charge in [-0.2, -0.15) is 0 Å². The van der Waals surface area contributed by atoms with Crippen molar-refractivity contribution in [1.82, 2.24) is 9.97 Å². The lowest BCUT2D eigenvalue weighted by Gasteiger charge is -2.05. The second-order valence-electron chi connectivity index (χ2n) is 4.77. The molecular weight excluding hydrogens is 300 g/mol. The van der Waals surface area contributed by atoms with Crippen LogP contribution in [0, 0.1) is 6.92 Å². The highest BCUT2D eigenvalue weighted by molar-refractivity contribution is 7.20. The van der Waals surface area contributed by atoms with Crippen LogP contribution in [0.2, 0.25) is 0 Å². The highest BCUT2D eigenvalue weighted by atomic mass is 32.1. The summed E-state index contributed by atoms with van der Waals surface area (Å²) in [6.45, 7) is 13.5. The van der Waals surface area contributed by atoms with E-state index in [1.54, 1.807) is 6.92 Å². The zero-order valence-electron chi connectivity index (χ0n) is 13.7. The second-order valence-corrected chi connectivity index (χ2v) is 5.77. The summed E-state index contributed by atoms with van der Waals surface area (Å²) in [7, 11) is 0. The number of ether oxygens (including phenoxy) is 1. The van der Waals surface area contributed by atoms with Crippen LogP contribution in [0.15, 0.2) is 11.4 Å². The maximum absolute atomic E-state index is 12.1. The standard InChI is InChI=1S/C13H14N2O3S.C3H8/c1-5-18-8(4)11-14-12(17)9-6(2)10(7(3)16)19-13(9)15-11;1-3-2/h4-5H2,1-3H3,(H,14,15,17);3H2,1-2H3. The van der Waals surface area contributed by atoms with Crippen LogP contribution in [0.4, 0.5) is 0 Å². The molecule has 1 N–H and O–H groups in total. The van der Waals surface area contributed by atoms with Gasteiger partial charge in [-0.15, -0.1) is 11.3 Å². The minimum Gasteiger partial charge on any atom is -0.491 e. The van der Waals surface area contributed by atoms with E-state index in [1.165, 1.54) is 24.7 Å². The first-order chi connectivity index (χ1) is 10.4. The molecular formula is C16H22N2O3S. The van der Waals surface area contributed by atoms with Crippen LogP contribution in [0.5, 0.6) is 0 Å². The van der Waals surface area contributed by atoms with Crippen LogP contribution in [-0.2, 0) is 4.74 Å². The van der Waals surface area contributed by atoms with E-state index >= 15 is 0 Å². The topological polar surface area (TPSA) is 72.0 Å². The smallest absolute Gasteiger partial charge is 0.260 e. The van der Waals surface area contributed by atoms with E-state index in [-0.39, 0.29) is 11.3 Å². The normalized spacial score (nSPS) is 10.0. The molecule has 6 heteroatoms. The van der Waals surface area contributed by atoms with Gasteiger partial charge in [0.15, 0.2) is 17.4 Å². The molecule has 2 heterocycles. The second kappa shape index (κ2) is 7.89. The van der Waals surface area contributed by atoms with Gasteiger partial charge in [0.25, 0.3) is 5.56 Å². The van der Waals surface area contributed by atoms with E-state index in [9.17, 15) is 9.59 Å². The quantitative estimate of drug-likeness (QED) is 0.684. The number of rotatable bonds is 4. The summed E-state index contributed by atoms with van der Waals surface area (Å²) < 4.78 is 5.23. The van der Waals surface area contributed by atoms with Gasteiger partial charge in [0.1, 0.15) is 4.83 Å². The molecule has 0 radical (unpaired) electrons. The molecule has 0 saturated carbocycles. The predicted octanol–water partition coefficient (Wildman–Crippen LogP) is 3.92. The van der Waals surface area contributed by atoms with E-state index in [4.69, 9.17) is 4.74 Å². The minimum absolute atomic E-state index is 0.0647. The molecule has 120 valence electrons. The van der Waals surface area contributed by atoms with Crippen molar-refractivity contribution in [3.8, 4) is 0 Å². The Balaban J connectivity index is 0.000000745. The lowest BCUT2D eigenvalue weighted by Crippen LogP contribution is -2.11. The molecule has 0 atom stereocenters. The number of nitrogens with zero attached hydrogens (tertiary/aromatic N) is 1.